The Morgan fingerprint density at radius 2 is 1.95 bits per heavy atom. The van der Waals surface area contributed by atoms with Crippen molar-refractivity contribution in [1.29, 1.82) is 0 Å². The minimum Gasteiger partial charge on any atom is -0.444 e. The first-order chi connectivity index (χ1) is 8.71. The van der Waals surface area contributed by atoms with Gasteiger partial charge in [0.2, 0.25) is 5.91 Å². The number of rotatable bonds is 4. The van der Waals surface area contributed by atoms with Gasteiger partial charge in [0.25, 0.3) is 0 Å². The molecule has 0 aromatic rings. The molecule has 1 rings (SSSR count). The van der Waals surface area contributed by atoms with E-state index in [1.54, 1.807) is 19.0 Å². The van der Waals surface area contributed by atoms with Crippen LogP contribution < -0.4 is 5.73 Å². The van der Waals surface area contributed by atoms with Gasteiger partial charge in [0.05, 0.1) is 0 Å². The molecule has 110 valence electrons. The molecule has 2 unspecified atom stereocenters. The molecule has 2 atom stereocenters. The van der Waals surface area contributed by atoms with E-state index in [0.717, 1.165) is 32.1 Å². The van der Waals surface area contributed by atoms with Crippen molar-refractivity contribution in [3.8, 4) is 0 Å². The van der Waals surface area contributed by atoms with Crippen LogP contribution in [0.1, 0.15) is 46.0 Å². The molecule has 0 heterocycles. The molecule has 1 saturated carbocycles. The molecule has 5 heteroatoms. The molecule has 2 N–H and O–H groups in total. The van der Waals surface area contributed by atoms with Crippen LogP contribution in [0.3, 0.4) is 0 Å². The van der Waals surface area contributed by atoms with Crippen molar-refractivity contribution in [3.05, 3.63) is 0 Å². The van der Waals surface area contributed by atoms with Crippen LogP contribution in [0, 0.1) is 11.8 Å². The van der Waals surface area contributed by atoms with Gasteiger partial charge < -0.3 is 15.4 Å². The summed E-state index contributed by atoms with van der Waals surface area (Å²) in [6, 6.07) is 0. The Morgan fingerprint density at radius 3 is 2.47 bits per heavy atom. The van der Waals surface area contributed by atoms with Gasteiger partial charge in [0.15, 0.2) is 0 Å². The molecule has 0 aromatic carbocycles. The van der Waals surface area contributed by atoms with Crippen LogP contribution in [0.25, 0.3) is 0 Å². The van der Waals surface area contributed by atoms with Crippen LogP contribution in [0.4, 0.5) is 4.79 Å². The maximum Gasteiger partial charge on any atom is 0.405 e. The quantitative estimate of drug-likeness (QED) is 0.850. The van der Waals surface area contributed by atoms with Crippen molar-refractivity contribution in [2.45, 2.75) is 51.6 Å². The number of hydrogen-bond acceptors (Lipinski definition) is 3. The van der Waals surface area contributed by atoms with Crippen LogP contribution in [-0.2, 0) is 9.53 Å². The number of nitrogens with zero attached hydrogens (tertiary/aromatic N) is 1. The second-order valence-electron chi connectivity index (χ2n) is 6.35. The van der Waals surface area contributed by atoms with Gasteiger partial charge in [-0.15, -0.1) is 0 Å². The maximum absolute atomic E-state index is 12.0. The smallest absolute Gasteiger partial charge is 0.405 e. The summed E-state index contributed by atoms with van der Waals surface area (Å²) in [5, 5.41) is 0. The van der Waals surface area contributed by atoms with E-state index in [2.05, 4.69) is 0 Å². The summed E-state index contributed by atoms with van der Waals surface area (Å²) >= 11 is 0. The number of carbonyl (C=O) groups excluding carboxylic acids is 2. The summed E-state index contributed by atoms with van der Waals surface area (Å²) in [5.41, 5.74) is 4.52. The monoisotopic (exact) mass is 270 g/mol. The molecule has 0 saturated heterocycles. The molecule has 19 heavy (non-hydrogen) atoms. The van der Waals surface area contributed by atoms with Gasteiger partial charge in [0.1, 0.15) is 5.60 Å². The fourth-order valence-corrected chi connectivity index (χ4v) is 3.08. The molecule has 0 aliphatic heterocycles. The standard InChI is InChI=1S/C14H26N2O3/c1-14(2,19-13(15)18)9-10-6-5-7-11(8-10)12(17)16(3)4/h10-11H,5-9H2,1-4H3,(H2,15,18). The first-order valence-corrected chi connectivity index (χ1v) is 6.91. The van der Waals surface area contributed by atoms with E-state index in [4.69, 9.17) is 10.5 Å². The fourth-order valence-electron chi connectivity index (χ4n) is 3.08. The second kappa shape index (κ2) is 6.26. The molecule has 0 spiro atoms. The predicted octanol–water partition coefficient (Wildman–Crippen LogP) is 2.15. The molecule has 0 aromatic heterocycles. The average Bonchev–Trinajstić information content (AvgIpc) is 2.25. The highest BCUT2D eigenvalue weighted by Gasteiger charge is 2.33. The third-order valence-electron chi connectivity index (χ3n) is 3.73. The number of hydrogen-bond donors (Lipinski definition) is 1. The van der Waals surface area contributed by atoms with Crippen LogP contribution in [0.15, 0.2) is 0 Å². The summed E-state index contributed by atoms with van der Waals surface area (Å²) < 4.78 is 5.13. The van der Waals surface area contributed by atoms with Crippen molar-refractivity contribution in [2.24, 2.45) is 17.6 Å². The first kappa shape index (κ1) is 15.8. The van der Waals surface area contributed by atoms with Gasteiger partial charge in [0, 0.05) is 20.0 Å². The molecule has 1 fully saturated rings. The zero-order valence-electron chi connectivity index (χ0n) is 12.4. The molecule has 5 nitrogen and oxygen atoms in total. The Kier molecular flexibility index (Phi) is 5.20. The van der Waals surface area contributed by atoms with E-state index in [0.29, 0.717) is 5.92 Å². The zero-order valence-corrected chi connectivity index (χ0v) is 12.4. The zero-order chi connectivity index (χ0) is 14.6. The number of carbonyl (C=O) groups is 2. The maximum atomic E-state index is 12.0. The summed E-state index contributed by atoms with van der Waals surface area (Å²) in [6.45, 7) is 3.74. The second-order valence-corrected chi connectivity index (χ2v) is 6.35. The van der Waals surface area contributed by atoms with Crippen molar-refractivity contribution in [1.82, 2.24) is 4.90 Å². The van der Waals surface area contributed by atoms with Crippen molar-refractivity contribution >= 4 is 12.0 Å². The molecular formula is C14H26N2O3. The van der Waals surface area contributed by atoms with Gasteiger partial charge in [-0.2, -0.15) is 0 Å². The lowest BCUT2D eigenvalue weighted by Crippen LogP contribution is -2.37. The lowest BCUT2D eigenvalue weighted by molar-refractivity contribution is -0.134. The Hall–Kier alpha value is -1.26. The molecule has 1 aliphatic rings. The topological polar surface area (TPSA) is 72.6 Å². The highest BCUT2D eigenvalue weighted by Crippen LogP contribution is 2.35. The molecule has 0 radical (unpaired) electrons. The van der Waals surface area contributed by atoms with Gasteiger partial charge in [-0.1, -0.05) is 12.8 Å². The van der Waals surface area contributed by atoms with E-state index < -0.39 is 11.7 Å². The van der Waals surface area contributed by atoms with E-state index in [-0.39, 0.29) is 11.8 Å². The lowest BCUT2D eigenvalue weighted by Gasteiger charge is -2.34. The van der Waals surface area contributed by atoms with Gasteiger partial charge >= 0.3 is 6.09 Å². The SMILES string of the molecule is CN(C)C(=O)C1CCCC(CC(C)(C)OC(N)=O)C1. The summed E-state index contributed by atoms with van der Waals surface area (Å²) in [4.78, 5) is 24.5. The first-order valence-electron chi connectivity index (χ1n) is 6.91. The number of amides is 2. The van der Waals surface area contributed by atoms with Gasteiger partial charge in [-0.25, -0.2) is 4.79 Å². The predicted molar refractivity (Wildman–Crippen MR) is 73.5 cm³/mol. The Morgan fingerprint density at radius 1 is 1.32 bits per heavy atom. The highest BCUT2D eigenvalue weighted by molar-refractivity contribution is 5.78. The number of nitrogens with two attached hydrogens (primary N) is 1. The van der Waals surface area contributed by atoms with Gasteiger partial charge in [-0.3, -0.25) is 4.79 Å². The van der Waals surface area contributed by atoms with E-state index in [1.165, 1.54) is 0 Å². The lowest BCUT2D eigenvalue weighted by atomic mass is 9.76. The van der Waals surface area contributed by atoms with Crippen LogP contribution in [-0.4, -0.2) is 36.6 Å². The van der Waals surface area contributed by atoms with E-state index >= 15 is 0 Å². The highest BCUT2D eigenvalue weighted by atomic mass is 16.6. The third-order valence-corrected chi connectivity index (χ3v) is 3.73. The van der Waals surface area contributed by atoms with Crippen molar-refractivity contribution in [3.63, 3.8) is 0 Å². The van der Waals surface area contributed by atoms with Crippen molar-refractivity contribution < 1.29 is 14.3 Å². The third kappa shape index (κ3) is 5.09. The van der Waals surface area contributed by atoms with Crippen LogP contribution >= 0.6 is 0 Å². The fraction of sp³-hybridized carbons (Fsp3) is 0.857. The molecule has 2 amide bonds. The Balaban J connectivity index is 2.55. The average molecular weight is 270 g/mol. The van der Waals surface area contributed by atoms with Crippen LogP contribution in [0.5, 0.6) is 0 Å². The van der Waals surface area contributed by atoms with Crippen LogP contribution in [0.2, 0.25) is 0 Å². The normalized spacial score (nSPS) is 23.8. The Labute approximate surface area is 115 Å². The van der Waals surface area contributed by atoms with Gasteiger partial charge in [-0.05, 0) is 39.0 Å². The number of primary amides is 1. The summed E-state index contributed by atoms with van der Waals surface area (Å²) in [5.74, 6) is 0.730. The summed E-state index contributed by atoms with van der Waals surface area (Å²) in [7, 11) is 3.60. The Bertz CT molecular complexity index is 340. The molecule has 1 aliphatic carbocycles. The largest absolute Gasteiger partial charge is 0.444 e. The minimum atomic E-state index is -0.735. The molecular weight excluding hydrogens is 244 g/mol. The minimum absolute atomic E-state index is 0.109. The summed E-state index contributed by atoms with van der Waals surface area (Å²) in [6.07, 6.45) is 4.01. The van der Waals surface area contributed by atoms with E-state index in [1.807, 2.05) is 13.8 Å². The van der Waals surface area contributed by atoms with Crippen molar-refractivity contribution in [2.75, 3.05) is 14.1 Å². The van der Waals surface area contributed by atoms with E-state index in [9.17, 15) is 9.59 Å². The number of ether oxygens (including phenoxy) is 1. The molecule has 0 bridgehead atoms.